The van der Waals surface area contributed by atoms with Gasteiger partial charge >= 0.3 is 0 Å². The molecule has 0 radical (unpaired) electrons. The van der Waals surface area contributed by atoms with E-state index >= 15 is 0 Å². The van der Waals surface area contributed by atoms with Gasteiger partial charge in [-0.15, -0.1) is 0 Å². The number of benzene rings is 3. The smallest absolute Gasteiger partial charge is 0.299 e. The molecule has 11 heteroatoms. The van der Waals surface area contributed by atoms with Crippen molar-refractivity contribution in [1.82, 2.24) is 20.0 Å². The van der Waals surface area contributed by atoms with Gasteiger partial charge < -0.3 is 29.6 Å². The van der Waals surface area contributed by atoms with Gasteiger partial charge in [0.15, 0.2) is 11.4 Å². The van der Waals surface area contributed by atoms with E-state index in [4.69, 9.17) is 18.9 Å². The number of aromatic nitrogens is 2. The van der Waals surface area contributed by atoms with Crippen LogP contribution in [0.5, 0.6) is 23.0 Å². The van der Waals surface area contributed by atoms with Crippen LogP contribution in [0.3, 0.4) is 0 Å². The largest absolute Gasteiger partial charge is 0.497 e. The predicted octanol–water partition coefficient (Wildman–Crippen LogP) is 3.85. The van der Waals surface area contributed by atoms with E-state index in [9.17, 15) is 9.59 Å². The second kappa shape index (κ2) is 13.7. The molecule has 218 valence electrons. The van der Waals surface area contributed by atoms with Crippen molar-refractivity contribution in [2.24, 2.45) is 0 Å². The molecule has 0 spiro atoms. The molecule has 4 aromatic rings. The standard InChI is InChI=1S/C31H33N5O6/c1-39-25-12-10-24(11-13-25)36-31(38)29(28(21-33-36)42-27-5-3-4-26(20-27)40-2)34-23-8-6-22(7-9-23)30(37)32-14-15-35-16-18-41-19-17-35/h3-13,20-21,34H,14-19H2,1-2H3,(H,32,37). The van der Waals surface area contributed by atoms with Crippen molar-refractivity contribution in [1.29, 1.82) is 0 Å². The van der Waals surface area contributed by atoms with E-state index in [-0.39, 0.29) is 17.3 Å². The highest BCUT2D eigenvalue weighted by Gasteiger charge is 2.17. The van der Waals surface area contributed by atoms with Gasteiger partial charge in [0.1, 0.15) is 17.2 Å². The molecule has 1 fully saturated rings. The molecule has 0 aliphatic carbocycles. The lowest BCUT2D eigenvalue weighted by Crippen LogP contribution is -2.41. The van der Waals surface area contributed by atoms with Gasteiger partial charge in [-0.2, -0.15) is 9.78 Å². The van der Waals surface area contributed by atoms with Crippen molar-refractivity contribution in [3.63, 3.8) is 0 Å². The molecule has 1 aromatic heterocycles. The van der Waals surface area contributed by atoms with Crippen molar-refractivity contribution < 1.29 is 23.7 Å². The van der Waals surface area contributed by atoms with Gasteiger partial charge in [-0.25, -0.2) is 0 Å². The number of methoxy groups -OCH3 is 2. The number of carbonyl (C=O) groups is 1. The van der Waals surface area contributed by atoms with Gasteiger partial charge in [-0.3, -0.25) is 14.5 Å². The minimum Gasteiger partial charge on any atom is -0.497 e. The fraction of sp³-hybridized carbons (Fsp3) is 0.258. The van der Waals surface area contributed by atoms with E-state index in [0.717, 1.165) is 32.8 Å². The molecule has 0 atom stereocenters. The Labute approximate surface area is 243 Å². The third kappa shape index (κ3) is 7.06. The monoisotopic (exact) mass is 571 g/mol. The highest BCUT2D eigenvalue weighted by Crippen LogP contribution is 2.30. The van der Waals surface area contributed by atoms with Gasteiger partial charge in [-0.05, 0) is 60.7 Å². The third-order valence-electron chi connectivity index (χ3n) is 6.76. The van der Waals surface area contributed by atoms with Crippen LogP contribution in [0.15, 0.2) is 83.8 Å². The molecule has 5 rings (SSSR count). The van der Waals surface area contributed by atoms with Crippen LogP contribution in [0.2, 0.25) is 0 Å². The first kappa shape index (κ1) is 28.7. The highest BCUT2D eigenvalue weighted by atomic mass is 16.5. The Kier molecular flexibility index (Phi) is 9.32. The van der Waals surface area contributed by atoms with Gasteiger partial charge in [0.2, 0.25) is 0 Å². The van der Waals surface area contributed by atoms with Crippen LogP contribution in [0.4, 0.5) is 11.4 Å². The summed E-state index contributed by atoms with van der Waals surface area (Å²) in [6.07, 6.45) is 1.48. The molecule has 2 heterocycles. The first-order valence-electron chi connectivity index (χ1n) is 13.6. The summed E-state index contributed by atoms with van der Waals surface area (Å²) in [5.41, 5.74) is 1.42. The van der Waals surface area contributed by atoms with Crippen molar-refractivity contribution in [3.05, 3.63) is 94.9 Å². The molecule has 11 nitrogen and oxygen atoms in total. The Morgan fingerprint density at radius 3 is 2.36 bits per heavy atom. The zero-order valence-corrected chi connectivity index (χ0v) is 23.5. The summed E-state index contributed by atoms with van der Waals surface area (Å²) in [7, 11) is 3.14. The number of carbonyl (C=O) groups excluding carboxylic acids is 1. The van der Waals surface area contributed by atoms with E-state index in [1.54, 1.807) is 87.0 Å². The van der Waals surface area contributed by atoms with Crippen LogP contribution in [-0.2, 0) is 4.74 Å². The third-order valence-corrected chi connectivity index (χ3v) is 6.76. The minimum atomic E-state index is -0.425. The number of nitrogens with one attached hydrogen (secondary N) is 2. The van der Waals surface area contributed by atoms with E-state index in [1.165, 1.54) is 10.9 Å². The molecule has 2 N–H and O–H groups in total. The van der Waals surface area contributed by atoms with Crippen LogP contribution >= 0.6 is 0 Å². The molecule has 1 aliphatic rings. The number of anilines is 2. The molecule has 3 aromatic carbocycles. The number of hydrogen-bond acceptors (Lipinski definition) is 9. The van der Waals surface area contributed by atoms with Crippen molar-refractivity contribution in [2.45, 2.75) is 0 Å². The van der Waals surface area contributed by atoms with Crippen LogP contribution in [0.1, 0.15) is 10.4 Å². The maximum absolute atomic E-state index is 13.7. The molecule has 0 unspecified atom stereocenters. The number of hydrogen-bond donors (Lipinski definition) is 2. The Balaban J connectivity index is 1.36. The normalized spacial score (nSPS) is 13.3. The van der Waals surface area contributed by atoms with Crippen LogP contribution in [0.25, 0.3) is 5.69 Å². The molecule has 0 saturated carbocycles. The van der Waals surface area contributed by atoms with Crippen LogP contribution in [0, 0.1) is 0 Å². The Bertz CT molecular complexity index is 1550. The molecular formula is C31H33N5O6. The number of rotatable bonds is 11. The number of amides is 1. The van der Waals surface area contributed by atoms with Gasteiger partial charge in [0.25, 0.3) is 11.5 Å². The SMILES string of the molecule is COc1ccc(-n2ncc(Oc3cccc(OC)c3)c(Nc3ccc(C(=O)NCCN4CCOCC4)cc3)c2=O)cc1. The molecule has 1 aliphatic heterocycles. The average molecular weight is 572 g/mol. The fourth-order valence-corrected chi connectivity index (χ4v) is 4.43. The maximum atomic E-state index is 13.7. The first-order valence-corrected chi connectivity index (χ1v) is 13.6. The Hall–Kier alpha value is -4.87. The van der Waals surface area contributed by atoms with Gasteiger partial charge in [0.05, 0.1) is 39.3 Å². The summed E-state index contributed by atoms with van der Waals surface area (Å²) in [6.45, 7) is 4.50. The van der Waals surface area contributed by atoms with Crippen LogP contribution in [-0.4, -0.2) is 74.2 Å². The second-order valence-electron chi connectivity index (χ2n) is 9.49. The quantitative estimate of drug-likeness (QED) is 0.277. The summed E-state index contributed by atoms with van der Waals surface area (Å²) < 4.78 is 23.2. The number of nitrogens with zero attached hydrogens (tertiary/aromatic N) is 3. The van der Waals surface area contributed by atoms with Crippen molar-refractivity contribution in [2.75, 3.05) is 58.9 Å². The van der Waals surface area contributed by atoms with Gasteiger partial charge in [0, 0.05) is 43.5 Å². The lowest BCUT2D eigenvalue weighted by Gasteiger charge is -2.26. The minimum absolute atomic E-state index is 0.164. The lowest BCUT2D eigenvalue weighted by atomic mass is 10.2. The van der Waals surface area contributed by atoms with Crippen molar-refractivity contribution >= 4 is 17.3 Å². The van der Waals surface area contributed by atoms with Crippen molar-refractivity contribution in [3.8, 4) is 28.7 Å². The topological polar surface area (TPSA) is 116 Å². The zero-order chi connectivity index (χ0) is 29.3. The second-order valence-corrected chi connectivity index (χ2v) is 9.49. The van der Waals surface area contributed by atoms with E-state index in [1.807, 2.05) is 0 Å². The average Bonchev–Trinajstić information content (AvgIpc) is 3.04. The van der Waals surface area contributed by atoms with E-state index in [2.05, 4.69) is 20.6 Å². The summed E-state index contributed by atoms with van der Waals surface area (Å²) in [6, 6.07) is 20.9. The van der Waals surface area contributed by atoms with Gasteiger partial charge in [-0.1, -0.05) is 6.07 Å². The van der Waals surface area contributed by atoms with E-state index < -0.39 is 5.56 Å². The molecule has 1 saturated heterocycles. The summed E-state index contributed by atoms with van der Waals surface area (Å²) >= 11 is 0. The Morgan fingerprint density at radius 1 is 0.929 bits per heavy atom. The molecule has 0 bridgehead atoms. The summed E-state index contributed by atoms with van der Waals surface area (Å²) in [5, 5.41) is 10.5. The maximum Gasteiger partial charge on any atom is 0.299 e. The summed E-state index contributed by atoms with van der Waals surface area (Å²) in [5.74, 6) is 1.81. The van der Waals surface area contributed by atoms with Crippen LogP contribution < -0.4 is 30.4 Å². The molecule has 42 heavy (non-hydrogen) atoms. The zero-order valence-electron chi connectivity index (χ0n) is 23.5. The molecule has 1 amide bonds. The summed E-state index contributed by atoms with van der Waals surface area (Å²) in [4.78, 5) is 28.7. The Morgan fingerprint density at radius 2 is 1.64 bits per heavy atom. The number of ether oxygens (including phenoxy) is 4. The first-order chi connectivity index (χ1) is 20.5. The predicted molar refractivity (Wildman–Crippen MR) is 159 cm³/mol. The highest BCUT2D eigenvalue weighted by molar-refractivity contribution is 5.94. The fourth-order valence-electron chi connectivity index (χ4n) is 4.43. The van der Waals surface area contributed by atoms with E-state index in [0.29, 0.717) is 40.7 Å². The lowest BCUT2D eigenvalue weighted by molar-refractivity contribution is 0.0383. The molecular weight excluding hydrogens is 538 g/mol. The number of morpholine rings is 1.